The van der Waals surface area contributed by atoms with Crippen LogP contribution in [0.4, 0.5) is 10.1 Å². The Labute approximate surface area is 98.9 Å². The number of hydrogen-bond donors (Lipinski definition) is 2. The summed E-state index contributed by atoms with van der Waals surface area (Å²) in [6.07, 6.45) is 0.930. The number of anilines is 1. The molecule has 1 saturated heterocycles. The van der Waals surface area contributed by atoms with Crippen molar-refractivity contribution >= 4 is 11.6 Å². The molecule has 1 atom stereocenters. The van der Waals surface area contributed by atoms with E-state index in [1.54, 1.807) is 0 Å². The second-order valence-electron chi connectivity index (χ2n) is 4.18. The van der Waals surface area contributed by atoms with Crippen molar-refractivity contribution in [2.45, 2.75) is 6.42 Å². The van der Waals surface area contributed by atoms with E-state index in [1.807, 2.05) is 0 Å². The highest BCUT2D eigenvalue weighted by Gasteiger charge is 2.18. The molecule has 0 radical (unpaired) electrons. The Balaban J connectivity index is 1.96. The Kier molecular flexibility index (Phi) is 3.58. The zero-order valence-electron chi connectivity index (χ0n) is 9.41. The molecule has 1 aromatic rings. The largest absolute Gasteiger partial charge is 0.399 e. The van der Waals surface area contributed by atoms with Crippen LogP contribution in [0.25, 0.3) is 0 Å². The van der Waals surface area contributed by atoms with Crippen molar-refractivity contribution in [2.75, 3.05) is 25.5 Å². The smallest absolute Gasteiger partial charge is 0.254 e. The molecular formula is C12H15FN2O2. The van der Waals surface area contributed by atoms with Crippen LogP contribution in [-0.2, 0) is 4.74 Å². The van der Waals surface area contributed by atoms with Crippen LogP contribution in [0.1, 0.15) is 16.8 Å². The molecule has 92 valence electrons. The third-order valence-electron chi connectivity index (χ3n) is 2.81. The highest BCUT2D eigenvalue weighted by molar-refractivity contribution is 5.95. The number of ether oxygens (including phenoxy) is 1. The summed E-state index contributed by atoms with van der Waals surface area (Å²) in [5.41, 5.74) is 5.88. The van der Waals surface area contributed by atoms with Gasteiger partial charge in [0.15, 0.2) is 0 Å². The second-order valence-corrected chi connectivity index (χ2v) is 4.18. The fourth-order valence-electron chi connectivity index (χ4n) is 1.79. The molecule has 0 spiro atoms. The summed E-state index contributed by atoms with van der Waals surface area (Å²) in [7, 11) is 0. The van der Waals surface area contributed by atoms with E-state index in [0.29, 0.717) is 24.8 Å². The molecule has 3 N–H and O–H groups in total. The molecule has 1 heterocycles. The Morgan fingerprint density at radius 3 is 3.12 bits per heavy atom. The molecule has 1 unspecified atom stereocenters. The van der Waals surface area contributed by atoms with Crippen molar-refractivity contribution < 1.29 is 13.9 Å². The minimum absolute atomic E-state index is 0.0103. The SMILES string of the molecule is Nc1ccc(F)c(C(=O)NCC2CCOC2)c1. The molecule has 1 fully saturated rings. The summed E-state index contributed by atoms with van der Waals surface area (Å²) < 4.78 is 18.6. The van der Waals surface area contributed by atoms with Crippen LogP contribution in [0.2, 0.25) is 0 Å². The van der Waals surface area contributed by atoms with Gasteiger partial charge in [0.05, 0.1) is 12.2 Å². The predicted molar refractivity (Wildman–Crippen MR) is 62.1 cm³/mol. The molecule has 5 heteroatoms. The maximum Gasteiger partial charge on any atom is 0.254 e. The molecule has 0 aromatic heterocycles. The minimum atomic E-state index is -0.556. The van der Waals surface area contributed by atoms with Crippen molar-refractivity contribution in [3.8, 4) is 0 Å². The van der Waals surface area contributed by atoms with Crippen LogP contribution in [0, 0.1) is 11.7 Å². The first kappa shape index (κ1) is 11.9. The maximum atomic E-state index is 13.4. The number of hydrogen-bond acceptors (Lipinski definition) is 3. The Bertz CT molecular complexity index is 417. The van der Waals surface area contributed by atoms with Crippen LogP contribution in [0.3, 0.4) is 0 Å². The lowest BCUT2D eigenvalue weighted by Crippen LogP contribution is -2.30. The fraction of sp³-hybridized carbons (Fsp3) is 0.417. The summed E-state index contributed by atoms with van der Waals surface area (Å²) in [4.78, 5) is 11.7. The summed E-state index contributed by atoms with van der Waals surface area (Å²) >= 11 is 0. The molecule has 0 aliphatic carbocycles. The average molecular weight is 238 g/mol. The lowest BCUT2D eigenvalue weighted by molar-refractivity contribution is 0.0941. The number of halogens is 1. The van der Waals surface area contributed by atoms with Crippen molar-refractivity contribution in [3.05, 3.63) is 29.6 Å². The number of nitrogens with two attached hydrogens (primary N) is 1. The van der Waals surface area contributed by atoms with E-state index in [9.17, 15) is 9.18 Å². The van der Waals surface area contributed by atoms with Gasteiger partial charge in [0.25, 0.3) is 5.91 Å². The van der Waals surface area contributed by atoms with Gasteiger partial charge in [0.2, 0.25) is 0 Å². The summed E-state index contributed by atoms with van der Waals surface area (Å²) in [5.74, 6) is -0.663. The first-order chi connectivity index (χ1) is 8.16. The molecule has 0 bridgehead atoms. The number of nitrogen functional groups attached to an aromatic ring is 1. The van der Waals surface area contributed by atoms with Crippen molar-refractivity contribution in [2.24, 2.45) is 5.92 Å². The van der Waals surface area contributed by atoms with Gasteiger partial charge < -0.3 is 15.8 Å². The van der Waals surface area contributed by atoms with Crippen LogP contribution in [0.5, 0.6) is 0 Å². The van der Waals surface area contributed by atoms with E-state index in [2.05, 4.69) is 5.32 Å². The minimum Gasteiger partial charge on any atom is -0.399 e. The van der Waals surface area contributed by atoms with Gasteiger partial charge in [0.1, 0.15) is 5.82 Å². The van der Waals surface area contributed by atoms with Crippen LogP contribution in [0.15, 0.2) is 18.2 Å². The van der Waals surface area contributed by atoms with E-state index in [-0.39, 0.29) is 5.56 Å². The monoisotopic (exact) mass is 238 g/mol. The first-order valence-electron chi connectivity index (χ1n) is 5.58. The van der Waals surface area contributed by atoms with Gasteiger partial charge in [-0.05, 0) is 24.6 Å². The molecule has 1 amide bonds. The predicted octanol–water partition coefficient (Wildman–Crippen LogP) is 1.17. The molecule has 17 heavy (non-hydrogen) atoms. The standard InChI is InChI=1S/C12H15FN2O2/c13-11-2-1-9(14)5-10(11)12(16)15-6-8-3-4-17-7-8/h1-2,5,8H,3-4,6-7,14H2,(H,15,16). The number of nitrogens with one attached hydrogen (secondary N) is 1. The molecule has 0 saturated carbocycles. The van der Waals surface area contributed by atoms with Crippen molar-refractivity contribution in [3.63, 3.8) is 0 Å². The third kappa shape index (κ3) is 2.94. The van der Waals surface area contributed by atoms with Crippen molar-refractivity contribution in [1.29, 1.82) is 0 Å². The molecule has 1 aromatic carbocycles. The van der Waals surface area contributed by atoms with Gasteiger partial charge in [-0.15, -0.1) is 0 Å². The molecule has 1 aliphatic heterocycles. The Morgan fingerprint density at radius 1 is 1.59 bits per heavy atom. The number of amides is 1. The normalized spacial score (nSPS) is 19.2. The zero-order valence-corrected chi connectivity index (χ0v) is 9.41. The number of rotatable bonds is 3. The van der Waals surface area contributed by atoms with Crippen molar-refractivity contribution in [1.82, 2.24) is 5.32 Å². The van der Waals surface area contributed by atoms with Gasteiger partial charge in [-0.2, -0.15) is 0 Å². The van der Waals surface area contributed by atoms with E-state index < -0.39 is 11.7 Å². The summed E-state index contributed by atoms with van der Waals surface area (Å²) in [6, 6.07) is 3.97. The highest BCUT2D eigenvalue weighted by atomic mass is 19.1. The summed E-state index contributed by atoms with van der Waals surface area (Å²) in [6.45, 7) is 1.89. The summed E-state index contributed by atoms with van der Waals surface area (Å²) in [5, 5.41) is 2.69. The van der Waals surface area contributed by atoms with E-state index in [0.717, 1.165) is 13.0 Å². The number of benzene rings is 1. The van der Waals surface area contributed by atoms with Gasteiger partial charge in [0, 0.05) is 24.8 Å². The van der Waals surface area contributed by atoms with Gasteiger partial charge >= 0.3 is 0 Å². The van der Waals surface area contributed by atoms with Gasteiger partial charge in [-0.3, -0.25) is 4.79 Å². The number of carbonyl (C=O) groups excluding carboxylic acids is 1. The van der Waals surface area contributed by atoms with Gasteiger partial charge in [-0.1, -0.05) is 0 Å². The Morgan fingerprint density at radius 2 is 2.41 bits per heavy atom. The van der Waals surface area contributed by atoms with Crippen LogP contribution in [-0.4, -0.2) is 25.7 Å². The quantitative estimate of drug-likeness (QED) is 0.777. The average Bonchev–Trinajstić information content (AvgIpc) is 2.82. The molecule has 1 aliphatic rings. The highest BCUT2D eigenvalue weighted by Crippen LogP contribution is 2.13. The third-order valence-corrected chi connectivity index (χ3v) is 2.81. The molecule has 4 nitrogen and oxygen atoms in total. The van der Waals surface area contributed by atoms with Crippen LogP contribution < -0.4 is 11.1 Å². The van der Waals surface area contributed by atoms with E-state index in [4.69, 9.17) is 10.5 Å². The maximum absolute atomic E-state index is 13.4. The van der Waals surface area contributed by atoms with Gasteiger partial charge in [-0.25, -0.2) is 4.39 Å². The molecular weight excluding hydrogens is 223 g/mol. The zero-order chi connectivity index (χ0) is 12.3. The Hall–Kier alpha value is -1.62. The first-order valence-corrected chi connectivity index (χ1v) is 5.58. The second kappa shape index (κ2) is 5.14. The lowest BCUT2D eigenvalue weighted by atomic mass is 10.1. The topological polar surface area (TPSA) is 64.4 Å². The van der Waals surface area contributed by atoms with E-state index in [1.165, 1.54) is 18.2 Å². The van der Waals surface area contributed by atoms with E-state index >= 15 is 0 Å². The molecule has 2 rings (SSSR count). The van der Waals surface area contributed by atoms with Crippen LogP contribution >= 0.6 is 0 Å². The fourth-order valence-corrected chi connectivity index (χ4v) is 1.79. The number of carbonyl (C=O) groups is 1. The lowest BCUT2D eigenvalue weighted by Gasteiger charge is -2.10.